The second-order valence-electron chi connectivity index (χ2n) is 4.09. The second kappa shape index (κ2) is 3.51. The van der Waals surface area contributed by atoms with Gasteiger partial charge < -0.3 is 9.66 Å². The summed E-state index contributed by atoms with van der Waals surface area (Å²) in [4.78, 5) is 23.3. The highest BCUT2D eigenvalue weighted by molar-refractivity contribution is 6.15. The number of hydrogen-bond donors (Lipinski definition) is 0. The molecule has 1 rings (SSSR count). The molecule has 0 aromatic carbocycles. The van der Waals surface area contributed by atoms with Crippen molar-refractivity contribution in [2.75, 3.05) is 6.54 Å². The van der Waals surface area contributed by atoms with Crippen molar-refractivity contribution in [3.8, 4) is 0 Å². The lowest BCUT2D eigenvalue weighted by molar-refractivity contribution is -0.129. The van der Waals surface area contributed by atoms with Crippen LogP contribution < -0.4 is 0 Å². The minimum absolute atomic E-state index is 0.246. The van der Waals surface area contributed by atoms with E-state index in [4.69, 9.17) is 12.7 Å². The van der Waals surface area contributed by atoms with Crippen LogP contribution in [0.25, 0.3) is 0 Å². The number of rotatable bonds is 0. The quantitative estimate of drug-likeness (QED) is 0.528. The van der Waals surface area contributed by atoms with Gasteiger partial charge in [-0.2, -0.15) is 0 Å². The van der Waals surface area contributed by atoms with Gasteiger partial charge in [0.05, 0.1) is 6.54 Å². The zero-order valence-electron chi connectivity index (χ0n) is 8.61. The monoisotopic (exact) mass is 196 g/mol. The van der Waals surface area contributed by atoms with E-state index in [9.17, 15) is 9.59 Å². The summed E-state index contributed by atoms with van der Waals surface area (Å²) in [6, 6.07) is 0. The van der Waals surface area contributed by atoms with Crippen LogP contribution in [0.2, 0.25) is 0 Å². The molecule has 2 radical (unpaired) electrons. The number of amides is 2. The summed E-state index contributed by atoms with van der Waals surface area (Å²) in [6.45, 7) is 5.54. The van der Waals surface area contributed by atoms with Gasteiger partial charge in [0, 0.05) is 6.42 Å². The molecular formula is C8H13BN2O3. The van der Waals surface area contributed by atoms with Crippen LogP contribution in [0.15, 0.2) is 0 Å². The van der Waals surface area contributed by atoms with Gasteiger partial charge >= 0.3 is 6.09 Å². The molecule has 0 saturated carbocycles. The third-order valence-corrected chi connectivity index (χ3v) is 1.66. The van der Waals surface area contributed by atoms with Crippen LogP contribution in [0.5, 0.6) is 0 Å². The van der Waals surface area contributed by atoms with E-state index in [1.54, 1.807) is 20.8 Å². The maximum absolute atomic E-state index is 11.4. The third kappa shape index (κ3) is 2.40. The summed E-state index contributed by atoms with van der Waals surface area (Å²) in [5.41, 5.74) is -0.580. The number of carbonyl (C=O) groups excluding carboxylic acids is 2. The molecule has 0 atom stereocenters. The van der Waals surface area contributed by atoms with Gasteiger partial charge in [-0.05, 0) is 20.8 Å². The predicted octanol–water partition coefficient (Wildman–Crippen LogP) is 0.454. The Morgan fingerprint density at radius 1 is 1.50 bits per heavy atom. The van der Waals surface area contributed by atoms with E-state index in [1.165, 1.54) is 0 Å². The zero-order chi connectivity index (χ0) is 10.9. The van der Waals surface area contributed by atoms with Gasteiger partial charge in [-0.15, -0.1) is 0 Å². The standard InChI is InChI=1S/C8H13BN2O3/c1-8(2,3)14-7(13)10-5-4-6(12)11(10)9/h4-5H2,1-3H3. The molecule has 0 unspecified atom stereocenters. The zero-order valence-corrected chi connectivity index (χ0v) is 8.61. The molecule has 0 aromatic rings. The summed E-state index contributed by atoms with van der Waals surface area (Å²) in [7, 11) is 5.35. The van der Waals surface area contributed by atoms with Gasteiger partial charge in [-0.3, -0.25) is 4.79 Å². The van der Waals surface area contributed by atoms with Gasteiger partial charge in [-0.1, -0.05) is 0 Å². The Bertz CT molecular complexity index is 262. The summed E-state index contributed by atoms with van der Waals surface area (Å²) >= 11 is 0. The van der Waals surface area contributed by atoms with Gasteiger partial charge in [-0.25, -0.2) is 9.80 Å². The van der Waals surface area contributed by atoms with Crippen LogP contribution in [-0.4, -0.2) is 42.1 Å². The average Bonchev–Trinajstić information content (AvgIpc) is 2.29. The van der Waals surface area contributed by atoms with E-state index in [1.807, 2.05) is 0 Å². The first-order valence-electron chi connectivity index (χ1n) is 4.39. The van der Waals surface area contributed by atoms with E-state index < -0.39 is 11.7 Å². The molecule has 0 aliphatic carbocycles. The molecule has 0 bridgehead atoms. The highest BCUT2D eigenvalue weighted by Gasteiger charge is 2.32. The van der Waals surface area contributed by atoms with E-state index >= 15 is 0 Å². The maximum Gasteiger partial charge on any atom is 0.428 e. The van der Waals surface area contributed by atoms with Gasteiger partial charge in [0.15, 0.2) is 0 Å². The Labute approximate surface area is 84.4 Å². The molecule has 1 saturated heterocycles. The molecule has 1 aliphatic heterocycles. The normalized spacial score (nSPS) is 17.5. The van der Waals surface area contributed by atoms with Gasteiger partial charge in [0.2, 0.25) is 5.91 Å². The van der Waals surface area contributed by atoms with E-state index in [0.29, 0.717) is 0 Å². The maximum atomic E-state index is 11.4. The SMILES string of the molecule is [B]N1C(=O)CCN1C(=O)OC(C)(C)C. The molecule has 6 heteroatoms. The Morgan fingerprint density at radius 3 is 2.43 bits per heavy atom. The Morgan fingerprint density at radius 2 is 2.07 bits per heavy atom. The lowest BCUT2D eigenvalue weighted by atomic mass is 10.2. The number of hydrogen-bond acceptors (Lipinski definition) is 3. The largest absolute Gasteiger partial charge is 0.442 e. The lowest BCUT2D eigenvalue weighted by Crippen LogP contribution is -2.44. The van der Waals surface area contributed by atoms with Crippen molar-refractivity contribution in [3.63, 3.8) is 0 Å². The molecule has 14 heavy (non-hydrogen) atoms. The number of hydrazine groups is 1. The Kier molecular flexibility index (Phi) is 2.73. The summed E-state index contributed by atoms with van der Waals surface area (Å²) < 4.78 is 5.05. The highest BCUT2D eigenvalue weighted by Crippen LogP contribution is 2.15. The van der Waals surface area contributed by atoms with Gasteiger partial charge in [0.1, 0.15) is 5.60 Å². The first-order chi connectivity index (χ1) is 6.31. The minimum Gasteiger partial charge on any atom is -0.442 e. The number of carbonyl (C=O) groups is 2. The first-order valence-corrected chi connectivity index (χ1v) is 4.39. The molecule has 76 valence electrons. The van der Waals surface area contributed by atoms with E-state index in [2.05, 4.69) is 0 Å². The van der Waals surface area contributed by atoms with Crippen molar-refractivity contribution >= 4 is 20.0 Å². The van der Waals surface area contributed by atoms with Crippen LogP contribution in [-0.2, 0) is 9.53 Å². The average molecular weight is 196 g/mol. The molecule has 1 aliphatic rings. The van der Waals surface area contributed by atoms with Crippen molar-refractivity contribution < 1.29 is 14.3 Å². The van der Waals surface area contributed by atoms with Crippen molar-refractivity contribution in [2.24, 2.45) is 0 Å². The smallest absolute Gasteiger partial charge is 0.428 e. The molecule has 0 N–H and O–H groups in total. The van der Waals surface area contributed by atoms with Gasteiger partial charge in [0.25, 0.3) is 7.98 Å². The second-order valence-corrected chi connectivity index (χ2v) is 4.09. The summed E-state index contributed by atoms with van der Waals surface area (Å²) in [6.07, 6.45) is -0.346. The fourth-order valence-corrected chi connectivity index (χ4v) is 1.05. The third-order valence-electron chi connectivity index (χ3n) is 1.66. The minimum atomic E-state index is -0.592. The van der Waals surface area contributed by atoms with Crippen LogP contribution in [0, 0.1) is 0 Å². The first kappa shape index (κ1) is 10.9. The van der Waals surface area contributed by atoms with Crippen molar-refractivity contribution in [2.45, 2.75) is 32.8 Å². The predicted molar refractivity (Wildman–Crippen MR) is 50.2 cm³/mol. The molecule has 1 fully saturated rings. The molecule has 0 aromatic heterocycles. The molecule has 2 amide bonds. The summed E-state index contributed by atoms with van der Waals surface area (Å²) in [5, 5.41) is 1.09. The molecular weight excluding hydrogens is 183 g/mol. The molecule has 0 spiro atoms. The molecule has 1 heterocycles. The van der Waals surface area contributed by atoms with Crippen LogP contribution in [0.1, 0.15) is 27.2 Å². The topological polar surface area (TPSA) is 49.9 Å². The lowest BCUT2D eigenvalue weighted by Gasteiger charge is -2.28. The highest BCUT2D eigenvalue weighted by atomic mass is 16.6. The fraction of sp³-hybridized carbons (Fsp3) is 0.750. The Balaban J connectivity index is 2.58. The summed E-state index contributed by atoms with van der Waals surface area (Å²) in [5.74, 6) is -0.282. The molecule has 5 nitrogen and oxygen atoms in total. The number of ether oxygens (including phenoxy) is 1. The van der Waals surface area contributed by atoms with Crippen molar-refractivity contribution in [1.82, 2.24) is 9.93 Å². The van der Waals surface area contributed by atoms with Crippen molar-refractivity contribution in [1.29, 1.82) is 0 Å². The van der Waals surface area contributed by atoms with Crippen LogP contribution >= 0.6 is 0 Å². The van der Waals surface area contributed by atoms with Crippen LogP contribution in [0.3, 0.4) is 0 Å². The Hall–Kier alpha value is -1.20. The van der Waals surface area contributed by atoms with Crippen LogP contribution in [0.4, 0.5) is 4.79 Å². The van der Waals surface area contributed by atoms with E-state index in [-0.39, 0.29) is 18.9 Å². The van der Waals surface area contributed by atoms with Crippen molar-refractivity contribution in [3.05, 3.63) is 0 Å². The number of nitrogens with zero attached hydrogens (tertiary/aromatic N) is 2. The fourth-order valence-electron chi connectivity index (χ4n) is 1.05. The van der Waals surface area contributed by atoms with E-state index in [0.717, 1.165) is 9.93 Å².